The number of hydrogen-bond acceptors (Lipinski definition) is 6. The van der Waals surface area contributed by atoms with Crippen molar-refractivity contribution in [1.82, 2.24) is 15.6 Å². The van der Waals surface area contributed by atoms with Gasteiger partial charge < -0.3 is 29.6 Å². The van der Waals surface area contributed by atoms with Crippen molar-refractivity contribution in [2.45, 2.75) is 25.9 Å². The van der Waals surface area contributed by atoms with Gasteiger partial charge in [-0.05, 0) is 48.1 Å². The summed E-state index contributed by atoms with van der Waals surface area (Å²) in [6, 6.07) is 7.74. The topological polar surface area (TPSA) is 86.2 Å². The molecule has 170 valence electrons. The van der Waals surface area contributed by atoms with Gasteiger partial charge in [-0.3, -0.25) is 4.99 Å². The summed E-state index contributed by atoms with van der Waals surface area (Å²) in [4.78, 5) is 8.57. The summed E-state index contributed by atoms with van der Waals surface area (Å²) in [5.41, 5.74) is 2.05. The van der Waals surface area contributed by atoms with E-state index in [-0.39, 0.29) is 24.0 Å². The Hall–Kier alpha value is -2.43. The van der Waals surface area contributed by atoms with Crippen LogP contribution in [0.25, 0.3) is 0 Å². The van der Waals surface area contributed by atoms with Crippen LogP contribution in [0.15, 0.2) is 35.5 Å². The molecule has 31 heavy (non-hydrogen) atoms. The highest BCUT2D eigenvalue weighted by Gasteiger charge is 2.22. The van der Waals surface area contributed by atoms with Crippen LogP contribution < -0.4 is 29.6 Å². The number of hydrogen-bond donors (Lipinski definition) is 2. The fraction of sp³-hybridized carbons (Fsp3) is 0.455. The summed E-state index contributed by atoms with van der Waals surface area (Å²) in [5.74, 6) is 3.86. The predicted octanol–water partition coefficient (Wildman–Crippen LogP) is 3.38. The SMILES string of the molecule is CN=C(NCc1ccnc(OCC2CC2)c1)NCc1cc(OC)c(OC)c(OC)c1.I. The van der Waals surface area contributed by atoms with Crippen LogP contribution in [0.5, 0.6) is 23.1 Å². The number of nitrogens with one attached hydrogen (secondary N) is 2. The van der Waals surface area contributed by atoms with Crippen LogP contribution in [-0.4, -0.2) is 45.9 Å². The highest BCUT2D eigenvalue weighted by Crippen LogP contribution is 2.38. The van der Waals surface area contributed by atoms with Gasteiger partial charge in [-0.2, -0.15) is 0 Å². The van der Waals surface area contributed by atoms with E-state index in [9.17, 15) is 0 Å². The van der Waals surface area contributed by atoms with Crippen LogP contribution in [-0.2, 0) is 13.1 Å². The Kier molecular flexibility index (Phi) is 9.96. The summed E-state index contributed by atoms with van der Waals surface area (Å²) in [6.45, 7) is 1.90. The molecule has 0 atom stereocenters. The van der Waals surface area contributed by atoms with Crippen LogP contribution in [0.1, 0.15) is 24.0 Å². The lowest BCUT2D eigenvalue weighted by Gasteiger charge is -2.16. The molecule has 9 heteroatoms. The number of halogens is 1. The number of benzene rings is 1. The maximum Gasteiger partial charge on any atom is 0.213 e. The molecular formula is C22H31IN4O4. The second-order valence-corrected chi connectivity index (χ2v) is 7.07. The second-order valence-electron chi connectivity index (χ2n) is 7.07. The summed E-state index contributed by atoms with van der Waals surface area (Å²) in [7, 11) is 6.53. The molecule has 0 amide bonds. The number of pyridine rings is 1. The maximum absolute atomic E-state index is 5.75. The fourth-order valence-corrected chi connectivity index (χ4v) is 2.96. The normalized spacial score (nSPS) is 13.1. The van der Waals surface area contributed by atoms with Crippen LogP contribution >= 0.6 is 24.0 Å². The molecule has 1 saturated carbocycles. The van der Waals surface area contributed by atoms with E-state index in [0.29, 0.717) is 48.1 Å². The Bertz CT molecular complexity index is 849. The molecule has 3 rings (SSSR count). The molecule has 2 aromatic rings. The lowest BCUT2D eigenvalue weighted by Crippen LogP contribution is -2.36. The molecule has 2 N–H and O–H groups in total. The van der Waals surface area contributed by atoms with Gasteiger partial charge in [0.15, 0.2) is 17.5 Å². The van der Waals surface area contributed by atoms with Crippen molar-refractivity contribution < 1.29 is 18.9 Å². The van der Waals surface area contributed by atoms with Crippen LogP contribution in [0.2, 0.25) is 0 Å². The third-order valence-electron chi connectivity index (χ3n) is 4.83. The maximum atomic E-state index is 5.75. The van der Waals surface area contributed by atoms with Crippen LogP contribution in [0, 0.1) is 5.92 Å². The van der Waals surface area contributed by atoms with Crippen LogP contribution in [0.4, 0.5) is 0 Å². The molecule has 8 nitrogen and oxygen atoms in total. The van der Waals surface area contributed by atoms with Crippen molar-refractivity contribution in [1.29, 1.82) is 0 Å². The summed E-state index contributed by atoms with van der Waals surface area (Å²) in [5, 5.41) is 6.61. The molecule has 0 radical (unpaired) electrons. The minimum Gasteiger partial charge on any atom is -0.493 e. The van der Waals surface area contributed by atoms with Gasteiger partial charge in [0.2, 0.25) is 11.6 Å². The van der Waals surface area contributed by atoms with Gasteiger partial charge in [0.1, 0.15) is 0 Å². The number of ether oxygens (including phenoxy) is 4. The van der Waals surface area contributed by atoms with Crippen molar-refractivity contribution in [3.63, 3.8) is 0 Å². The van der Waals surface area contributed by atoms with E-state index < -0.39 is 0 Å². The van der Waals surface area contributed by atoms with Crippen molar-refractivity contribution >= 4 is 29.9 Å². The Morgan fingerprint density at radius 1 is 1.00 bits per heavy atom. The Morgan fingerprint density at radius 2 is 1.65 bits per heavy atom. The number of aromatic nitrogens is 1. The zero-order valence-electron chi connectivity index (χ0n) is 18.4. The minimum absolute atomic E-state index is 0. The van der Waals surface area contributed by atoms with Crippen molar-refractivity contribution in [2.75, 3.05) is 35.0 Å². The monoisotopic (exact) mass is 542 g/mol. The van der Waals surface area contributed by atoms with Crippen molar-refractivity contribution in [3.8, 4) is 23.1 Å². The van der Waals surface area contributed by atoms with Gasteiger partial charge in [0, 0.05) is 32.4 Å². The average Bonchev–Trinajstić information content (AvgIpc) is 3.62. The van der Waals surface area contributed by atoms with E-state index in [2.05, 4.69) is 20.6 Å². The number of nitrogens with zero attached hydrogens (tertiary/aromatic N) is 2. The highest BCUT2D eigenvalue weighted by atomic mass is 127. The molecule has 1 aliphatic carbocycles. The molecule has 0 bridgehead atoms. The van der Waals surface area contributed by atoms with Crippen molar-refractivity contribution in [2.24, 2.45) is 10.9 Å². The smallest absolute Gasteiger partial charge is 0.213 e. The Labute approximate surface area is 200 Å². The van der Waals surface area contributed by atoms with E-state index in [1.807, 2.05) is 24.3 Å². The van der Waals surface area contributed by atoms with Crippen molar-refractivity contribution in [3.05, 3.63) is 41.6 Å². The number of rotatable bonds is 10. The summed E-state index contributed by atoms with van der Waals surface area (Å²) < 4.78 is 21.9. The van der Waals surface area contributed by atoms with Gasteiger partial charge in [-0.15, -0.1) is 24.0 Å². The van der Waals surface area contributed by atoms with E-state index >= 15 is 0 Å². The van der Waals surface area contributed by atoms with E-state index in [1.54, 1.807) is 34.6 Å². The largest absolute Gasteiger partial charge is 0.493 e. The fourth-order valence-electron chi connectivity index (χ4n) is 2.96. The molecule has 1 aliphatic rings. The lowest BCUT2D eigenvalue weighted by molar-refractivity contribution is 0.288. The highest BCUT2D eigenvalue weighted by molar-refractivity contribution is 14.0. The summed E-state index contributed by atoms with van der Waals surface area (Å²) in [6.07, 6.45) is 4.29. The zero-order chi connectivity index (χ0) is 21.3. The third kappa shape index (κ3) is 7.34. The molecule has 0 spiro atoms. The quantitative estimate of drug-likeness (QED) is 0.271. The first-order chi connectivity index (χ1) is 14.7. The van der Waals surface area contributed by atoms with Crippen LogP contribution in [0.3, 0.4) is 0 Å². The molecule has 1 fully saturated rings. The van der Waals surface area contributed by atoms with E-state index in [4.69, 9.17) is 18.9 Å². The molecule has 0 saturated heterocycles. The third-order valence-corrected chi connectivity index (χ3v) is 4.83. The lowest BCUT2D eigenvalue weighted by atomic mass is 10.2. The van der Waals surface area contributed by atoms with Gasteiger partial charge in [0.05, 0.1) is 27.9 Å². The Morgan fingerprint density at radius 3 is 2.19 bits per heavy atom. The first-order valence-corrected chi connectivity index (χ1v) is 9.98. The first-order valence-electron chi connectivity index (χ1n) is 9.98. The second kappa shape index (κ2) is 12.4. The molecule has 0 unspecified atom stereocenters. The molecular weight excluding hydrogens is 511 g/mol. The Balaban J connectivity index is 0.00000341. The average molecular weight is 542 g/mol. The molecule has 1 heterocycles. The van der Waals surface area contributed by atoms with Gasteiger partial charge in [0.25, 0.3) is 0 Å². The molecule has 1 aromatic carbocycles. The number of methoxy groups -OCH3 is 3. The summed E-state index contributed by atoms with van der Waals surface area (Å²) >= 11 is 0. The van der Waals surface area contributed by atoms with Gasteiger partial charge in [-0.1, -0.05) is 0 Å². The predicted molar refractivity (Wildman–Crippen MR) is 131 cm³/mol. The van der Waals surface area contributed by atoms with E-state index in [1.165, 1.54) is 12.8 Å². The van der Waals surface area contributed by atoms with Gasteiger partial charge in [-0.25, -0.2) is 4.98 Å². The minimum atomic E-state index is 0. The number of aliphatic imine (C=N–C) groups is 1. The molecule has 1 aromatic heterocycles. The standard InChI is InChI=1S/C22H30N4O4.HI/c1-23-22(25-12-16-7-8-24-20(11-16)30-14-15-5-6-15)26-13-17-9-18(27-2)21(29-4)19(10-17)28-3;/h7-11,15H,5-6,12-14H2,1-4H3,(H2,23,25,26);1H. The van der Waals surface area contributed by atoms with E-state index in [0.717, 1.165) is 17.7 Å². The zero-order valence-corrected chi connectivity index (χ0v) is 20.8. The first kappa shape index (κ1) is 24.8. The van der Waals surface area contributed by atoms with Gasteiger partial charge >= 0.3 is 0 Å². The molecule has 0 aliphatic heterocycles. The number of guanidine groups is 1.